The Morgan fingerprint density at radius 2 is 1.06 bits per heavy atom. The van der Waals surface area contributed by atoms with E-state index >= 15 is 0 Å². The van der Waals surface area contributed by atoms with Gasteiger partial charge in [-0.3, -0.25) is 19.0 Å². The minimum Gasteiger partial charge on any atom is -0.487 e. The second kappa shape index (κ2) is 20.0. The van der Waals surface area contributed by atoms with Gasteiger partial charge in [0.2, 0.25) is 20.0 Å². The van der Waals surface area contributed by atoms with Crippen molar-refractivity contribution in [3.8, 4) is 11.5 Å². The van der Waals surface area contributed by atoms with Gasteiger partial charge in [0.15, 0.2) is 0 Å². The Morgan fingerprint density at radius 1 is 0.623 bits per heavy atom. The molecular weight excluding hydrogens is 992 g/mol. The number of rotatable bonds is 16. The fraction of sp³-hybridized carbons (Fsp3) is 0.257. The van der Waals surface area contributed by atoms with Gasteiger partial charge in [-0.25, -0.2) is 16.8 Å². The zero-order chi connectivity index (χ0) is 39.5. The number of carboxylic acid groups (broad SMARTS) is 2. The number of carboxylic acids is 2. The maximum Gasteiger partial charge on any atom is 0.303 e. The lowest BCUT2D eigenvalue weighted by Gasteiger charge is -2.14. The summed E-state index contributed by atoms with van der Waals surface area (Å²) >= 11 is 13.8. The molecule has 0 aliphatic rings. The molecule has 0 saturated carbocycles. The number of aliphatic carboxylic acids is 2. The van der Waals surface area contributed by atoms with Crippen molar-refractivity contribution >= 4 is 107 Å². The standard InChI is InChI=1S/C18H19Br2NO5S.C17H17Br2NO5S/c1-11-3-4-13(9-16(11)21-27(2,24)25)10-26-18-14(19)7-12(8-15(18)20)5-6-17(22)23;1-26(23,24)20-13-4-2-3-12(7-13)10-25-17-14(18)8-11(9-15(17)19)5-6-16(21)22/h3-4,7-9,21H,5-6,10H2,1-2H3,(H,22,23);2-4,7-9,20H,5-6,10H2,1H3,(H,21,22). The number of carbonyl (C=O) groups is 2. The lowest BCUT2D eigenvalue weighted by atomic mass is 10.1. The zero-order valence-electron chi connectivity index (χ0n) is 28.6. The maximum atomic E-state index is 11.5. The first kappa shape index (κ1) is 44.2. The van der Waals surface area contributed by atoms with Crippen LogP contribution in [0.1, 0.15) is 40.7 Å². The quantitative estimate of drug-likeness (QED) is 0.0847. The second-order valence-electron chi connectivity index (χ2n) is 11.7. The van der Waals surface area contributed by atoms with Gasteiger partial charge in [-0.15, -0.1) is 0 Å². The maximum absolute atomic E-state index is 11.5. The molecule has 4 N–H and O–H groups in total. The molecule has 0 heterocycles. The van der Waals surface area contributed by atoms with Crippen LogP contribution in [0.25, 0.3) is 0 Å². The normalized spacial score (nSPS) is 11.2. The Balaban J connectivity index is 0.000000286. The number of benzene rings is 4. The molecule has 286 valence electrons. The summed E-state index contributed by atoms with van der Waals surface area (Å²) in [6.45, 7) is 2.30. The highest BCUT2D eigenvalue weighted by Gasteiger charge is 2.13. The summed E-state index contributed by atoms with van der Waals surface area (Å²) in [6.07, 6.45) is 3.15. The molecule has 0 amide bonds. The number of aryl methyl sites for hydroxylation is 3. The van der Waals surface area contributed by atoms with E-state index in [4.69, 9.17) is 19.7 Å². The molecule has 0 aliphatic heterocycles. The van der Waals surface area contributed by atoms with Crippen LogP contribution in [0.5, 0.6) is 11.5 Å². The van der Waals surface area contributed by atoms with Crippen molar-refractivity contribution in [1.29, 1.82) is 0 Å². The van der Waals surface area contributed by atoms with Crippen LogP contribution in [0.4, 0.5) is 11.4 Å². The predicted molar refractivity (Wildman–Crippen MR) is 219 cm³/mol. The van der Waals surface area contributed by atoms with Gasteiger partial charge in [0.25, 0.3) is 0 Å². The van der Waals surface area contributed by atoms with E-state index in [0.29, 0.717) is 53.6 Å². The fourth-order valence-corrected chi connectivity index (χ4v) is 8.80. The van der Waals surface area contributed by atoms with Crippen LogP contribution in [0.2, 0.25) is 0 Å². The van der Waals surface area contributed by atoms with E-state index in [0.717, 1.165) is 40.3 Å². The van der Waals surface area contributed by atoms with Crippen molar-refractivity contribution in [2.24, 2.45) is 0 Å². The van der Waals surface area contributed by atoms with E-state index in [-0.39, 0.29) is 26.1 Å². The van der Waals surface area contributed by atoms with Gasteiger partial charge < -0.3 is 19.7 Å². The number of nitrogens with one attached hydrogen (secondary N) is 2. The molecule has 0 atom stereocenters. The van der Waals surface area contributed by atoms with Gasteiger partial charge in [-0.2, -0.15) is 0 Å². The largest absolute Gasteiger partial charge is 0.487 e. The molecule has 0 bridgehead atoms. The molecule has 0 aromatic heterocycles. The van der Waals surface area contributed by atoms with Gasteiger partial charge in [-0.1, -0.05) is 24.3 Å². The molecule has 0 unspecified atom stereocenters. The van der Waals surface area contributed by atoms with E-state index in [1.165, 1.54) is 0 Å². The summed E-state index contributed by atoms with van der Waals surface area (Å²) in [6, 6.07) is 19.7. The van der Waals surface area contributed by atoms with Crippen LogP contribution in [0.15, 0.2) is 84.6 Å². The summed E-state index contributed by atoms with van der Waals surface area (Å²) in [5.74, 6) is -0.515. The summed E-state index contributed by atoms with van der Waals surface area (Å²) in [7, 11) is -6.70. The Hall–Kier alpha value is -3.16. The minimum absolute atomic E-state index is 0.0541. The summed E-state index contributed by atoms with van der Waals surface area (Å²) in [5, 5.41) is 17.6. The summed E-state index contributed by atoms with van der Waals surface area (Å²) < 4.78 is 65.0. The smallest absolute Gasteiger partial charge is 0.303 e. The predicted octanol–water partition coefficient (Wildman–Crippen LogP) is 8.67. The zero-order valence-corrected chi connectivity index (χ0v) is 36.6. The average Bonchev–Trinajstić information content (AvgIpc) is 3.02. The van der Waals surface area contributed by atoms with E-state index < -0.39 is 32.0 Å². The van der Waals surface area contributed by atoms with Crippen LogP contribution in [0, 0.1) is 6.92 Å². The molecular formula is C35H36Br4N2O10S2. The highest BCUT2D eigenvalue weighted by molar-refractivity contribution is 9.11. The highest BCUT2D eigenvalue weighted by atomic mass is 79.9. The van der Waals surface area contributed by atoms with Crippen LogP contribution >= 0.6 is 63.7 Å². The van der Waals surface area contributed by atoms with Crippen molar-refractivity contribution in [2.45, 2.75) is 45.8 Å². The van der Waals surface area contributed by atoms with Crippen LogP contribution in [-0.4, -0.2) is 51.5 Å². The van der Waals surface area contributed by atoms with E-state index in [2.05, 4.69) is 73.2 Å². The van der Waals surface area contributed by atoms with Gasteiger partial charge in [0.05, 0.1) is 36.1 Å². The molecule has 12 nitrogen and oxygen atoms in total. The first-order valence-electron chi connectivity index (χ1n) is 15.5. The van der Waals surface area contributed by atoms with Crippen LogP contribution < -0.4 is 18.9 Å². The SMILES string of the molecule is CS(=O)(=O)Nc1cccc(COc2c(Br)cc(CCC(=O)O)cc2Br)c1.Cc1ccc(COc2c(Br)cc(CCC(=O)O)cc2Br)cc1NS(C)(=O)=O. The van der Waals surface area contributed by atoms with Crippen molar-refractivity contribution in [3.63, 3.8) is 0 Å². The lowest BCUT2D eigenvalue weighted by molar-refractivity contribution is -0.138. The van der Waals surface area contributed by atoms with Gasteiger partial charge in [-0.05, 0) is 154 Å². The molecule has 0 saturated heterocycles. The van der Waals surface area contributed by atoms with Gasteiger partial charge >= 0.3 is 11.9 Å². The third kappa shape index (κ3) is 16.0. The molecule has 18 heteroatoms. The average molecular weight is 1030 g/mol. The van der Waals surface area contributed by atoms with Crippen LogP contribution in [0.3, 0.4) is 0 Å². The Kier molecular flexibility index (Phi) is 16.7. The topological polar surface area (TPSA) is 185 Å². The molecule has 0 aliphatic carbocycles. The van der Waals surface area contributed by atoms with Gasteiger partial charge in [0, 0.05) is 18.5 Å². The van der Waals surface area contributed by atoms with Crippen molar-refractivity contribution < 1.29 is 46.1 Å². The van der Waals surface area contributed by atoms with Crippen LogP contribution in [-0.2, 0) is 55.7 Å². The Bertz CT molecular complexity index is 2140. The van der Waals surface area contributed by atoms with E-state index in [1.54, 1.807) is 24.3 Å². The second-order valence-corrected chi connectivity index (χ2v) is 18.7. The van der Waals surface area contributed by atoms with E-state index in [9.17, 15) is 26.4 Å². The third-order valence-corrected chi connectivity index (χ3v) is 10.5. The monoisotopic (exact) mass is 1020 g/mol. The molecule has 0 fully saturated rings. The van der Waals surface area contributed by atoms with Crippen molar-refractivity contribution in [1.82, 2.24) is 0 Å². The number of hydrogen-bond acceptors (Lipinski definition) is 8. The highest BCUT2D eigenvalue weighted by Crippen LogP contribution is 2.37. The number of hydrogen-bond donors (Lipinski definition) is 4. The first-order chi connectivity index (χ1) is 24.7. The number of ether oxygens (including phenoxy) is 2. The fourth-order valence-electron chi connectivity index (χ4n) is 4.61. The molecule has 0 radical (unpaired) electrons. The van der Waals surface area contributed by atoms with Gasteiger partial charge in [0.1, 0.15) is 24.7 Å². The minimum atomic E-state index is -3.36. The number of anilines is 2. The summed E-state index contributed by atoms with van der Waals surface area (Å²) in [5.41, 5.74) is 5.15. The van der Waals surface area contributed by atoms with E-state index in [1.807, 2.05) is 49.4 Å². The number of sulfonamides is 2. The van der Waals surface area contributed by atoms with Crippen molar-refractivity contribution in [2.75, 3.05) is 22.0 Å². The molecule has 4 aromatic rings. The molecule has 53 heavy (non-hydrogen) atoms. The first-order valence-corrected chi connectivity index (χ1v) is 22.4. The summed E-state index contributed by atoms with van der Waals surface area (Å²) in [4.78, 5) is 21.4. The lowest BCUT2D eigenvalue weighted by Crippen LogP contribution is -2.11. The number of halogens is 4. The van der Waals surface area contributed by atoms with Crippen molar-refractivity contribution in [3.05, 3.63) is 112 Å². The molecule has 4 rings (SSSR count). The Labute approximate surface area is 342 Å². The Morgan fingerprint density at radius 3 is 1.47 bits per heavy atom. The molecule has 4 aromatic carbocycles. The third-order valence-electron chi connectivity index (χ3n) is 6.97. The molecule has 0 spiro atoms.